The van der Waals surface area contributed by atoms with Crippen LogP contribution >= 0.6 is 0 Å². The Bertz CT molecular complexity index is 1200. The number of hydrogen-bond acceptors (Lipinski definition) is 8. The zero-order chi connectivity index (χ0) is 29.1. The molecule has 10 unspecified atom stereocenters. The summed E-state index contributed by atoms with van der Waals surface area (Å²) in [5, 5.41) is 54.3. The molecule has 10 atom stereocenters. The normalized spacial score (nSPS) is 45.9. The molecule has 5 N–H and O–H groups in total. The number of hydrogen-bond donors (Lipinski definition) is 5. The Hall–Kier alpha value is -1.91. The quantitative estimate of drug-likeness (QED) is 0.237. The van der Waals surface area contributed by atoms with Crippen LogP contribution < -0.4 is 0 Å². The maximum atomic E-state index is 14.2. The highest BCUT2D eigenvalue weighted by Crippen LogP contribution is 2.79. The number of aliphatic hydroxyl groups is 4. The number of aliphatic carboxylic acids is 1. The van der Waals surface area contributed by atoms with E-state index in [0.29, 0.717) is 24.8 Å². The number of aliphatic hydroxyl groups excluding tert-OH is 3. The van der Waals surface area contributed by atoms with Gasteiger partial charge in [-0.2, -0.15) is 0 Å². The van der Waals surface area contributed by atoms with Gasteiger partial charge in [-0.1, -0.05) is 33.8 Å². The Kier molecular flexibility index (Phi) is 6.10. The van der Waals surface area contributed by atoms with Crippen molar-refractivity contribution in [2.24, 2.45) is 33.5 Å². The average molecular weight is 547 g/mol. The highest BCUT2D eigenvalue weighted by Gasteiger charge is 2.85. The summed E-state index contributed by atoms with van der Waals surface area (Å²) in [6.45, 7) is 10.1. The minimum Gasteiger partial charge on any atom is -0.481 e. The van der Waals surface area contributed by atoms with Gasteiger partial charge in [-0.25, -0.2) is 0 Å². The molecule has 3 fully saturated rings. The monoisotopic (exact) mass is 546 g/mol. The molecule has 9 heteroatoms. The number of rotatable bonds is 7. The summed E-state index contributed by atoms with van der Waals surface area (Å²) in [6, 6.07) is 0. The van der Waals surface area contributed by atoms with Crippen LogP contribution in [-0.2, 0) is 19.1 Å². The molecule has 9 nitrogen and oxygen atoms in total. The highest BCUT2D eigenvalue weighted by molar-refractivity contribution is 6.02. The molecule has 216 valence electrons. The first kappa shape index (κ1) is 28.6. The number of Topliss-reactive ketones (excluding diaryl/α,β-unsaturated/α-hetero) is 1. The third kappa shape index (κ3) is 3.28. The molecule has 0 aromatic heterocycles. The first-order valence-electron chi connectivity index (χ1n) is 14.0. The lowest BCUT2D eigenvalue weighted by molar-refractivity contribution is -0.151. The molecule has 0 aromatic carbocycles. The van der Waals surface area contributed by atoms with Gasteiger partial charge in [-0.15, -0.1) is 0 Å². The Labute approximate surface area is 228 Å². The number of ether oxygens (including phenoxy) is 1. The lowest BCUT2D eigenvalue weighted by Crippen LogP contribution is -2.67. The molecule has 5 rings (SSSR count). The second-order valence-electron chi connectivity index (χ2n) is 14.0. The Morgan fingerprint density at radius 2 is 1.85 bits per heavy atom. The molecular formula is C30H42O9. The van der Waals surface area contributed by atoms with Gasteiger partial charge in [0.2, 0.25) is 0 Å². The van der Waals surface area contributed by atoms with Crippen LogP contribution in [0.25, 0.3) is 0 Å². The smallest absolute Gasteiger partial charge is 0.306 e. The van der Waals surface area contributed by atoms with E-state index in [1.807, 2.05) is 13.8 Å². The Morgan fingerprint density at radius 3 is 2.44 bits per heavy atom. The van der Waals surface area contributed by atoms with E-state index in [1.165, 1.54) is 19.9 Å². The fourth-order valence-corrected chi connectivity index (χ4v) is 9.24. The summed E-state index contributed by atoms with van der Waals surface area (Å²) >= 11 is 0. The van der Waals surface area contributed by atoms with Gasteiger partial charge in [-0.3, -0.25) is 14.4 Å². The van der Waals surface area contributed by atoms with Gasteiger partial charge >= 0.3 is 5.97 Å². The van der Waals surface area contributed by atoms with E-state index in [9.17, 15) is 39.9 Å². The Balaban J connectivity index is 1.59. The van der Waals surface area contributed by atoms with E-state index in [1.54, 1.807) is 19.9 Å². The molecule has 39 heavy (non-hydrogen) atoms. The van der Waals surface area contributed by atoms with Gasteiger partial charge in [0.05, 0.1) is 41.9 Å². The first-order chi connectivity index (χ1) is 17.9. The summed E-state index contributed by atoms with van der Waals surface area (Å²) in [4.78, 5) is 38.3. The molecule has 1 spiro atoms. The van der Waals surface area contributed by atoms with Crippen molar-refractivity contribution in [3.8, 4) is 0 Å². The van der Waals surface area contributed by atoms with E-state index >= 15 is 0 Å². The first-order valence-corrected chi connectivity index (χ1v) is 14.0. The van der Waals surface area contributed by atoms with E-state index < -0.39 is 69.2 Å². The number of fused-ring (bicyclic) bond motifs is 3. The molecule has 2 saturated carbocycles. The van der Waals surface area contributed by atoms with Crippen LogP contribution in [0, 0.1) is 33.5 Å². The summed E-state index contributed by atoms with van der Waals surface area (Å²) in [5.74, 6) is -2.97. The number of carbonyl (C=O) groups excluding carboxylic acids is 2. The van der Waals surface area contributed by atoms with Crippen molar-refractivity contribution in [2.75, 3.05) is 6.61 Å². The molecule has 0 radical (unpaired) electrons. The summed E-state index contributed by atoms with van der Waals surface area (Å²) < 4.78 is 6.52. The van der Waals surface area contributed by atoms with Crippen molar-refractivity contribution in [3.63, 3.8) is 0 Å². The predicted molar refractivity (Wildman–Crippen MR) is 139 cm³/mol. The van der Waals surface area contributed by atoms with Gasteiger partial charge in [0, 0.05) is 23.7 Å². The lowest BCUT2D eigenvalue weighted by atomic mass is 9.40. The molecular weight excluding hydrogens is 504 g/mol. The molecule has 5 aliphatic rings. The maximum Gasteiger partial charge on any atom is 0.306 e. The second kappa shape index (κ2) is 8.32. The largest absolute Gasteiger partial charge is 0.481 e. The zero-order valence-corrected chi connectivity index (χ0v) is 23.7. The van der Waals surface area contributed by atoms with E-state index in [2.05, 4.69) is 0 Å². The minimum atomic E-state index is -1.81. The molecule has 0 amide bonds. The summed E-state index contributed by atoms with van der Waals surface area (Å²) in [6.07, 6.45) is 1.76. The number of epoxide rings is 1. The van der Waals surface area contributed by atoms with Crippen molar-refractivity contribution >= 4 is 17.5 Å². The molecule has 0 bridgehead atoms. The van der Waals surface area contributed by atoms with Crippen LogP contribution in [0.5, 0.6) is 0 Å². The van der Waals surface area contributed by atoms with E-state index in [0.717, 1.165) is 0 Å². The van der Waals surface area contributed by atoms with Crippen LogP contribution in [-0.4, -0.2) is 79.2 Å². The lowest BCUT2D eigenvalue weighted by Gasteiger charge is -2.62. The number of allylic oxidation sites excluding steroid dienone is 1. The van der Waals surface area contributed by atoms with Crippen LogP contribution in [0.4, 0.5) is 0 Å². The van der Waals surface area contributed by atoms with Crippen molar-refractivity contribution in [3.05, 3.63) is 23.3 Å². The molecule has 1 heterocycles. The van der Waals surface area contributed by atoms with Crippen molar-refractivity contribution in [1.82, 2.24) is 0 Å². The topological polar surface area (TPSA) is 165 Å². The molecule has 1 aliphatic heterocycles. The van der Waals surface area contributed by atoms with Gasteiger partial charge in [-0.05, 0) is 61.7 Å². The minimum absolute atomic E-state index is 0.144. The van der Waals surface area contributed by atoms with Crippen LogP contribution in [0.15, 0.2) is 23.3 Å². The van der Waals surface area contributed by atoms with Gasteiger partial charge in [0.1, 0.15) is 11.4 Å². The predicted octanol–water partition coefficient (Wildman–Crippen LogP) is 1.95. The standard InChI is InChI=1S/C30H42O9/c1-15(24(36)37)9-16(32)13-26(4,38)18-10-22(35)28(6)27(18,5)21(34)11-19-29(14-31)8-7-20(33)25(2,3)17(29)12-23-30(19,28)39-23/h10-11,15,17,20,22-23,31,33,35,38H,7-9,12-14H2,1-6H3,(H,36,37). The molecule has 0 aromatic rings. The molecule has 1 saturated heterocycles. The number of carbonyl (C=O) groups is 3. The fourth-order valence-electron chi connectivity index (χ4n) is 9.24. The fraction of sp³-hybridized carbons (Fsp3) is 0.767. The number of carboxylic acids is 1. The average Bonchev–Trinajstić information content (AvgIpc) is 3.53. The number of carboxylic acid groups (broad SMARTS) is 1. The van der Waals surface area contributed by atoms with E-state index in [4.69, 9.17) is 4.74 Å². The van der Waals surface area contributed by atoms with Gasteiger partial charge in [0.15, 0.2) is 5.78 Å². The third-order valence-electron chi connectivity index (χ3n) is 11.8. The van der Waals surface area contributed by atoms with Crippen LogP contribution in [0.1, 0.15) is 73.6 Å². The SMILES string of the molecule is CC(CC(=O)CC(C)(O)C1=CC(O)C2(C)C1(C)C(=O)C=C1C3(CO)CCC(O)C(C)(C)C3CC3OC132)C(=O)O. The van der Waals surface area contributed by atoms with Crippen molar-refractivity contribution in [1.29, 1.82) is 0 Å². The van der Waals surface area contributed by atoms with Crippen molar-refractivity contribution in [2.45, 2.75) is 103 Å². The summed E-state index contributed by atoms with van der Waals surface area (Å²) in [5.41, 5.74) is -5.94. The van der Waals surface area contributed by atoms with Gasteiger partial charge < -0.3 is 30.3 Å². The molecule has 4 aliphatic carbocycles. The van der Waals surface area contributed by atoms with Crippen LogP contribution in [0.3, 0.4) is 0 Å². The van der Waals surface area contributed by atoms with Gasteiger partial charge in [0.25, 0.3) is 0 Å². The highest BCUT2D eigenvalue weighted by atomic mass is 16.6. The van der Waals surface area contributed by atoms with Crippen LogP contribution in [0.2, 0.25) is 0 Å². The van der Waals surface area contributed by atoms with E-state index in [-0.39, 0.29) is 36.4 Å². The zero-order valence-electron chi connectivity index (χ0n) is 23.7. The second-order valence-corrected chi connectivity index (χ2v) is 14.0. The maximum absolute atomic E-state index is 14.2. The third-order valence-corrected chi connectivity index (χ3v) is 11.8. The Morgan fingerprint density at radius 1 is 1.21 bits per heavy atom. The van der Waals surface area contributed by atoms with Crippen molar-refractivity contribution < 1.29 is 44.7 Å². The number of ketones is 2. The summed E-state index contributed by atoms with van der Waals surface area (Å²) in [7, 11) is 0.